The first-order chi connectivity index (χ1) is 11.4. The number of aromatic nitrogens is 2. The highest BCUT2D eigenvalue weighted by Gasteiger charge is 2.37. The van der Waals surface area contributed by atoms with Crippen LogP contribution in [0.5, 0.6) is 0 Å². The molecule has 0 aliphatic heterocycles. The first-order valence-electron chi connectivity index (χ1n) is 7.26. The molecule has 4 nitrogen and oxygen atoms in total. The van der Waals surface area contributed by atoms with E-state index in [1.54, 1.807) is 23.5 Å². The molecule has 2 heterocycles. The van der Waals surface area contributed by atoms with E-state index in [0.29, 0.717) is 18.5 Å². The van der Waals surface area contributed by atoms with Crippen molar-refractivity contribution >= 4 is 28.3 Å². The molecule has 2 aromatic heterocycles. The fourth-order valence-electron chi connectivity index (χ4n) is 2.43. The van der Waals surface area contributed by atoms with Gasteiger partial charge < -0.3 is 9.88 Å². The van der Waals surface area contributed by atoms with Crippen LogP contribution in [0.25, 0.3) is 11.0 Å². The maximum atomic E-state index is 13.2. The highest BCUT2D eigenvalue weighted by Crippen LogP contribution is 2.31. The third-order valence-electron chi connectivity index (χ3n) is 3.48. The molecule has 3 aromatic rings. The monoisotopic (exact) mass is 353 g/mol. The zero-order chi connectivity index (χ0) is 17.2. The van der Waals surface area contributed by atoms with Crippen molar-refractivity contribution in [2.24, 2.45) is 0 Å². The number of carbonyl (C=O) groups excluding carboxylic acids is 1. The minimum Gasteiger partial charge on any atom is -0.354 e. The molecule has 0 saturated carbocycles. The Morgan fingerprint density at radius 3 is 2.71 bits per heavy atom. The van der Waals surface area contributed by atoms with Crippen molar-refractivity contribution in [3.05, 3.63) is 52.5 Å². The molecule has 126 valence electrons. The van der Waals surface area contributed by atoms with E-state index in [1.165, 1.54) is 12.1 Å². The molecule has 0 unspecified atom stereocenters. The number of alkyl halides is 3. The summed E-state index contributed by atoms with van der Waals surface area (Å²) in [6, 6.07) is 10.1. The van der Waals surface area contributed by atoms with Crippen molar-refractivity contribution in [1.82, 2.24) is 14.9 Å². The van der Waals surface area contributed by atoms with Crippen LogP contribution < -0.4 is 5.32 Å². The highest BCUT2D eigenvalue weighted by molar-refractivity contribution is 7.09. The molecule has 0 saturated heterocycles. The van der Waals surface area contributed by atoms with Crippen molar-refractivity contribution in [3.63, 3.8) is 0 Å². The molecule has 1 aromatic carbocycles. The Morgan fingerprint density at radius 2 is 2.00 bits per heavy atom. The van der Waals surface area contributed by atoms with Gasteiger partial charge in [0.1, 0.15) is 6.54 Å². The van der Waals surface area contributed by atoms with Crippen LogP contribution in [0.15, 0.2) is 41.8 Å². The van der Waals surface area contributed by atoms with Gasteiger partial charge in [0.25, 0.3) is 0 Å². The summed E-state index contributed by atoms with van der Waals surface area (Å²) in [5.74, 6) is -1.53. The van der Waals surface area contributed by atoms with Gasteiger partial charge in [0, 0.05) is 11.4 Å². The predicted octanol–water partition coefficient (Wildman–Crippen LogP) is 3.48. The molecule has 0 atom stereocenters. The van der Waals surface area contributed by atoms with Crippen molar-refractivity contribution in [2.45, 2.75) is 19.1 Å². The molecule has 3 rings (SSSR count). The molecule has 0 aliphatic rings. The minimum absolute atomic E-state index is 0.219. The Hall–Kier alpha value is -2.35. The second kappa shape index (κ2) is 6.64. The van der Waals surface area contributed by atoms with Crippen LogP contribution in [0.2, 0.25) is 0 Å². The molecule has 8 heteroatoms. The Morgan fingerprint density at radius 1 is 1.21 bits per heavy atom. The van der Waals surface area contributed by atoms with Crippen LogP contribution in [-0.4, -0.2) is 22.0 Å². The molecule has 0 bridgehead atoms. The Bertz CT molecular complexity index is 840. The molecule has 0 spiro atoms. The SMILES string of the molecule is O=C(Cn1c(C(F)(F)F)nc2ccccc21)NCCc1cccs1. The van der Waals surface area contributed by atoms with E-state index in [2.05, 4.69) is 10.3 Å². The van der Waals surface area contributed by atoms with Gasteiger partial charge >= 0.3 is 6.18 Å². The number of benzene rings is 1. The van der Waals surface area contributed by atoms with Crippen LogP contribution in [-0.2, 0) is 23.9 Å². The normalized spacial score (nSPS) is 11.8. The van der Waals surface area contributed by atoms with E-state index in [0.717, 1.165) is 9.44 Å². The minimum atomic E-state index is -4.61. The Labute approximate surface area is 139 Å². The number of amides is 1. The van der Waals surface area contributed by atoms with Gasteiger partial charge in [-0.25, -0.2) is 4.98 Å². The smallest absolute Gasteiger partial charge is 0.354 e. The first-order valence-corrected chi connectivity index (χ1v) is 8.14. The van der Waals surface area contributed by atoms with Gasteiger partial charge in [-0.3, -0.25) is 4.79 Å². The lowest BCUT2D eigenvalue weighted by Gasteiger charge is -2.11. The predicted molar refractivity (Wildman–Crippen MR) is 85.8 cm³/mol. The van der Waals surface area contributed by atoms with Crippen molar-refractivity contribution in [2.75, 3.05) is 6.54 Å². The number of carbonyl (C=O) groups is 1. The summed E-state index contributed by atoms with van der Waals surface area (Å²) in [6.07, 6.45) is -3.96. The quantitative estimate of drug-likeness (QED) is 0.763. The summed E-state index contributed by atoms with van der Waals surface area (Å²) < 4.78 is 40.4. The largest absolute Gasteiger partial charge is 0.449 e. The number of fused-ring (bicyclic) bond motifs is 1. The number of para-hydroxylation sites is 2. The third kappa shape index (κ3) is 3.59. The molecular formula is C16H14F3N3OS. The maximum Gasteiger partial charge on any atom is 0.449 e. The van der Waals surface area contributed by atoms with Crippen molar-refractivity contribution in [1.29, 1.82) is 0 Å². The number of rotatable bonds is 5. The van der Waals surface area contributed by atoms with Crippen LogP contribution >= 0.6 is 11.3 Å². The standard InChI is InChI=1S/C16H14F3N3OS/c17-16(18,19)15-21-12-5-1-2-6-13(12)22(15)10-14(23)20-8-7-11-4-3-9-24-11/h1-6,9H,7-8,10H2,(H,20,23). The molecule has 0 radical (unpaired) electrons. The van der Waals surface area contributed by atoms with Gasteiger partial charge in [0.2, 0.25) is 11.7 Å². The van der Waals surface area contributed by atoms with E-state index in [-0.39, 0.29) is 5.52 Å². The van der Waals surface area contributed by atoms with Crippen LogP contribution in [0, 0.1) is 0 Å². The zero-order valence-corrected chi connectivity index (χ0v) is 13.3. The number of thiophene rings is 1. The number of hydrogen-bond acceptors (Lipinski definition) is 3. The van der Waals surface area contributed by atoms with Gasteiger partial charge in [-0.15, -0.1) is 11.3 Å². The molecular weight excluding hydrogens is 339 g/mol. The van der Waals surface area contributed by atoms with Crippen LogP contribution in [0.1, 0.15) is 10.7 Å². The number of nitrogens with one attached hydrogen (secondary N) is 1. The fourth-order valence-corrected chi connectivity index (χ4v) is 3.14. The first kappa shape index (κ1) is 16.5. The topological polar surface area (TPSA) is 46.9 Å². The third-order valence-corrected chi connectivity index (χ3v) is 4.42. The van der Waals surface area contributed by atoms with Gasteiger partial charge in [-0.2, -0.15) is 13.2 Å². The molecule has 0 aliphatic carbocycles. The number of nitrogens with zero attached hydrogens (tertiary/aromatic N) is 2. The number of halogens is 3. The van der Waals surface area contributed by atoms with E-state index in [1.807, 2.05) is 17.5 Å². The second-order valence-corrected chi connectivity index (χ2v) is 6.22. The van der Waals surface area contributed by atoms with Gasteiger partial charge in [0.05, 0.1) is 11.0 Å². The lowest BCUT2D eigenvalue weighted by atomic mass is 10.3. The highest BCUT2D eigenvalue weighted by atomic mass is 32.1. The molecule has 0 fully saturated rings. The average Bonchev–Trinajstić information content (AvgIpc) is 3.15. The summed E-state index contributed by atoms with van der Waals surface area (Å²) in [4.78, 5) is 16.8. The average molecular weight is 353 g/mol. The van der Waals surface area contributed by atoms with Crippen LogP contribution in [0.3, 0.4) is 0 Å². The lowest BCUT2D eigenvalue weighted by molar-refractivity contribution is -0.147. The van der Waals surface area contributed by atoms with Gasteiger partial charge in [-0.1, -0.05) is 18.2 Å². The number of hydrogen-bond donors (Lipinski definition) is 1. The Balaban J connectivity index is 1.74. The summed E-state index contributed by atoms with van der Waals surface area (Å²) >= 11 is 1.57. The summed E-state index contributed by atoms with van der Waals surface area (Å²) in [5.41, 5.74) is 0.509. The van der Waals surface area contributed by atoms with Crippen molar-refractivity contribution < 1.29 is 18.0 Å². The molecule has 1 N–H and O–H groups in total. The summed E-state index contributed by atoms with van der Waals surface area (Å²) in [7, 11) is 0. The van der Waals surface area contributed by atoms with E-state index in [9.17, 15) is 18.0 Å². The summed E-state index contributed by atoms with van der Waals surface area (Å²) in [5, 5.41) is 4.59. The second-order valence-electron chi connectivity index (χ2n) is 5.19. The van der Waals surface area contributed by atoms with E-state index >= 15 is 0 Å². The van der Waals surface area contributed by atoms with Gasteiger partial charge in [-0.05, 0) is 30.0 Å². The fraction of sp³-hybridized carbons (Fsp3) is 0.250. The van der Waals surface area contributed by atoms with Crippen molar-refractivity contribution in [3.8, 4) is 0 Å². The lowest BCUT2D eigenvalue weighted by Crippen LogP contribution is -2.30. The van der Waals surface area contributed by atoms with E-state index < -0.39 is 24.5 Å². The Kier molecular flexibility index (Phi) is 4.57. The maximum absolute atomic E-state index is 13.2. The van der Waals surface area contributed by atoms with E-state index in [4.69, 9.17) is 0 Å². The zero-order valence-electron chi connectivity index (χ0n) is 12.5. The molecule has 24 heavy (non-hydrogen) atoms. The van der Waals surface area contributed by atoms with Crippen LogP contribution in [0.4, 0.5) is 13.2 Å². The van der Waals surface area contributed by atoms with Gasteiger partial charge in [0.15, 0.2) is 0 Å². The number of imidazole rings is 1. The molecule has 1 amide bonds. The summed E-state index contributed by atoms with van der Waals surface area (Å²) in [6.45, 7) is -0.0346.